The van der Waals surface area contributed by atoms with Gasteiger partial charge in [-0.25, -0.2) is 0 Å². The Labute approximate surface area is 92.8 Å². The van der Waals surface area contributed by atoms with Crippen molar-refractivity contribution in [2.24, 2.45) is 0 Å². The second-order valence-electron chi connectivity index (χ2n) is 0.879. The Morgan fingerprint density at radius 3 is 1.00 bits per heavy atom. The average Bonchev–Trinajstić information content (AvgIpc) is 1.25. The van der Waals surface area contributed by atoms with E-state index in [0.717, 1.165) is 13.3 Å². The molecule has 0 aromatic heterocycles. The second kappa shape index (κ2) is 16.8. The van der Waals surface area contributed by atoms with Crippen LogP contribution in [0.1, 0.15) is 7.43 Å². The minimum atomic E-state index is -2.12. The summed E-state index contributed by atoms with van der Waals surface area (Å²) in [6, 6.07) is 0. The maximum atomic E-state index is 9.04. The Kier molecular flexibility index (Phi) is 37.7. The molecule has 56 valence electrons. The van der Waals surface area contributed by atoms with Gasteiger partial charge < -0.3 is 9.79 Å². The summed E-state index contributed by atoms with van der Waals surface area (Å²) < 4.78 is 18.1. The van der Waals surface area contributed by atoms with Gasteiger partial charge in [0.2, 0.25) is 0 Å². The predicted molar refractivity (Wildman–Crippen MR) is 39.5 cm³/mol. The summed E-state index contributed by atoms with van der Waals surface area (Å²) in [6.45, 7) is 2.24. The fraction of sp³-hybridized carbons (Fsp3) is 1.00. The quantitative estimate of drug-likeness (QED) is 0.407. The first kappa shape index (κ1) is 22.5. The van der Waals surface area contributed by atoms with Gasteiger partial charge in [-0.3, -0.25) is 0 Å². The van der Waals surface area contributed by atoms with Crippen molar-refractivity contribution in [1.29, 1.82) is 0 Å². The molecule has 0 aromatic carbocycles. The van der Waals surface area contributed by atoms with Crippen molar-refractivity contribution in [3.8, 4) is 0 Å². The summed E-state index contributed by atoms with van der Waals surface area (Å²) in [5.41, 5.74) is 0. The predicted octanol–water partition coefficient (Wildman–Crippen LogP) is -0.307. The van der Waals surface area contributed by atoms with E-state index in [1.54, 1.807) is 0 Å². The summed E-state index contributed by atoms with van der Waals surface area (Å²) in [5.74, 6) is 0. The maximum absolute atomic E-state index is 9.04. The molecule has 0 amide bonds. The van der Waals surface area contributed by atoms with Crippen molar-refractivity contribution in [1.82, 2.24) is 0 Å². The summed E-state index contributed by atoms with van der Waals surface area (Å²) in [6.07, 6.45) is 0. The molecule has 2 unspecified atom stereocenters. The molecule has 0 aromatic rings. The molecule has 0 aliphatic rings. The molecule has 0 rings (SSSR count). The van der Waals surface area contributed by atoms with Crippen LogP contribution in [0.4, 0.5) is 0 Å². The van der Waals surface area contributed by atoms with Crippen LogP contribution in [0, 0.1) is 0 Å². The minimum absolute atomic E-state index is 0. The molecule has 0 aliphatic carbocycles. The molecule has 0 heterocycles. The largest absolute Gasteiger partial charge is 2.00 e. The van der Waals surface area contributed by atoms with Crippen molar-refractivity contribution in [2.45, 2.75) is 7.43 Å². The molecule has 10 heavy (non-hydrogen) atoms. The van der Waals surface area contributed by atoms with E-state index in [2.05, 4.69) is 0 Å². The van der Waals surface area contributed by atoms with Gasteiger partial charge in [0, 0.05) is 0 Å². The zero-order valence-corrected chi connectivity index (χ0v) is 9.23. The van der Waals surface area contributed by atoms with E-state index in [-0.39, 0.29) is 45.2 Å². The second-order valence-corrected chi connectivity index (χ2v) is 2.64. The molecule has 4 nitrogen and oxygen atoms in total. The third kappa shape index (κ3) is 346. The van der Waals surface area contributed by atoms with Crippen LogP contribution in [0.5, 0.6) is 0 Å². The first-order valence-corrected chi connectivity index (χ1v) is 4.87. The Hall–Kier alpha value is 1.38. The van der Waals surface area contributed by atoms with Gasteiger partial charge in [-0.2, -0.15) is 0 Å². The summed E-state index contributed by atoms with van der Waals surface area (Å²) in [4.78, 5) is 18.1. The van der Waals surface area contributed by atoms with Crippen LogP contribution < -0.4 is 9.79 Å². The monoisotopic (exact) mass is 212 g/mol. The average molecular weight is 212 g/mol. The van der Waals surface area contributed by atoms with Crippen LogP contribution in [0.3, 0.4) is 0 Å². The van der Waals surface area contributed by atoms with Crippen LogP contribution in [-0.4, -0.2) is 51.1 Å². The minimum Gasteiger partial charge on any atom is -0.596 e. The molecule has 0 fully saturated rings. The molecule has 0 N–H and O–H groups in total. The topological polar surface area (TPSA) is 80.3 Å². The molecule has 0 spiro atoms. The van der Waals surface area contributed by atoms with Gasteiger partial charge in [-0.1, -0.05) is 16.6 Å². The third-order valence-corrected chi connectivity index (χ3v) is 0. The number of rotatable bonds is 0. The first-order valence-electron chi connectivity index (χ1n) is 1.62. The Morgan fingerprint density at radius 1 is 1.00 bits per heavy atom. The zero-order chi connectivity index (χ0) is 7.15. The van der Waals surface area contributed by atoms with Crippen molar-refractivity contribution in [3.05, 3.63) is 0 Å². The summed E-state index contributed by atoms with van der Waals surface area (Å²) in [7, 11) is -4.24. The smallest absolute Gasteiger partial charge is 0.596 e. The standard InChI is InChI=1S/2CH3O2P.CH4.Ca/c2*1-4(2)3;;/h2*1H3;1H4;/q;;;+2. The fourth-order valence-electron chi connectivity index (χ4n) is 0. The van der Waals surface area contributed by atoms with E-state index in [1.807, 2.05) is 0 Å². The van der Waals surface area contributed by atoms with Crippen LogP contribution in [-0.2, 0) is 9.13 Å². The van der Waals surface area contributed by atoms with E-state index in [4.69, 9.17) is 18.9 Å². The molecular formula is C3H10CaO4P2+2. The van der Waals surface area contributed by atoms with Crippen LogP contribution in [0.25, 0.3) is 0 Å². The fourth-order valence-corrected chi connectivity index (χ4v) is 0. The normalized spacial score (nSPS) is 8.80. The molecule has 7 heteroatoms. The molecule has 0 saturated heterocycles. The Bertz CT molecular complexity index is 76.5. The van der Waals surface area contributed by atoms with Crippen molar-refractivity contribution < 1.29 is 18.9 Å². The maximum Gasteiger partial charge on any atom is 2.00 e. The van der Waals surface area contributed by atoms with Gasteiger partial charge in [-0.05, 0) is 0 Å². The SMILES string of the molecule is C.C[P+](=O)[O-].C[P+](=O)[O-].[Ca+2]. The van der Waals surface area contributed by atoms with Crippen LogP contribution in [0.2, 0.25) is 0 Å². The van der Waals surface area contributed by atoms with E-state index < -0.39 is 16.1 Å². The van der Waals surface area contributed by atoms with E-state index in [1.165, 1.54) is 0 Å². The number of hydrogen-bond acceptors (Lipinski definition) is 4. The molecule has 0 aliphatic heterocycles. The van der Waals surface area contributed by atoms with Gasteiger partial charge in [0.25, 0.3) is 0 Å². The Morgan fingerprint density at radius 2 is 1.00 bits per heavy atom. The molecule has 0 bridgehead atoms. The van der Waals surface area contributed by atoms with Crippen LogP contribution in [0.15, 0.2) is 0 Å². The summed E-state index contributed by atoms with van der Waals surface area (Å²) >= 11 is 0. The molecular weight excluding hydrogens is 202 g/mol. The van der Waals surface area contributed by atoms with E-state index >= 15 is 0 Å². The number of hydrogen-bond donors (Lipinski definition) is 0. The van der Waals surface area contributed by atoms with Gasteiger partial charge in [0.15, 0.2) is 0 Å². The van der Waals surface area contributed by atoms with Crippen molar-refractivity contribution in [2.75, 3.05) is 13.3 Å². The van der Waals surface area contributed by atoms with Crippen molar-refractivity contribution in [3.63, 3.8) is 0 Å². The third-order valence-electron chi connectivity index (χ3n) is 0. The Balaban J connectivity index is -0.0000000300. The van der Waals surface area contributed by atoms with E-state index in [9.17, 15) is 0 Å². The van der Waals surface area contributed by atoms with E-state index in [0.29, 0.717) is 0 Å². The first-order chi connectivity index (χ1) is 3.46. The van der Waals surface area contributed by atoms with Gasteiger partial charge in [0.05, 0.1) is 0 Å². The van der Waals surface area contributed by atoms with Crippen molar-refractivity contribution >= 4 is 53.8 Å². The van der Waals surface area contributed by atoms with Crippen LogP contribution >= 0.6 is 16.1 Å². The molecule has 0 saturated carbocycles. The van der Waals surface area contributed by atoms with Gasteiger partial charge >= 0.3 is 53.8 Å². The summed E-state index contributed by atoms with van der Waals surface area (Å²) in [5, 5.41) is 0. The zero-order valence-electron chi connectivity index (χ0n) is 5.23. The van der Waals surface area contributed by atoms with Gasteiger partial charge in [0.1, 0.15) is 13.3 Å². The molecule has 2 atom stereocenters. The van der Waals surface area contributed by atoms with Gasteiger partial charge in [-0.15, -0.1) is 0 Å². The molecule has 0 radical (unpaired) electrons.